The Morgan fingerprint density at radius 2 is 1.71 bits per heavy atom. The average molecular weight is 284 g/mol. The summed E-state index contributed by atoms with van der Waals surface area (Å²) in [5, 5.41) is 7.64. The molecule has 0 spiro atoms. The van der Waals surface area contributed by atoms with E-state index in [1.54, 1.807) is 0 Å². The predicted molar refractivity (Wildman–Crippen MR) is 86.3 cm³/mol. The maximum absolute atomic E-state index is 4.18. The van der Waals surface area contributed by atoms with E-state index in [1.807, 2.05) is 24.1 Å². The SMILES string of the molecule is Cn1cc(CNCc2ccc(N3CCCCC3)cc2)cn1. The molecule has 112 valence electrons. The first-order chi connectivity index (χ1) is 10.3. The Morgan fingerprint density at radius 1 is 1.00 bits per heavy atom. The van der Waals surface area contributed by atoms with Crippen LogP contribution in [0.1, 0.15) is 30.4 Å². The molecule has 0 unspecified atom stereocenters. The highest BCUT2D eigenvalue weighted by atomic mass is 15.2. The van der Waals surface area contributed by atoms with Gasteiger partial charge >= 0.3 is 0 Å². The third-order valence-corrected chi connectivity index (χ3v) is 4.07. The van der Waals surface area contributed by atoms with Gasteiger partial charge in [0.25, 0.3) is 0 Å². The highest BCUT2D eigenvalue weighted by Gasteiger charge is 2.10. The van der Waals surface area contributed by atoms with Gasteiger partial charge in [-0.15, -0.1) is 0 Å². The minimum Gasteiger partial charge on any atom is -0.372 e. The number of aryl methyl sites for hydroxylation is 1. The molecular weight excluding hydrogens is 260 g/mol. The van der Waals surface area contributed by atoms with Crippen LogP contribution in [-0.2, 0) is 20.1 Å². The fourth-order valence-electron chi connectivity index (χ4n) is 2.89. The number of rotatable bonds is 5. The van der Waals surface area contributed by atoms with Crippen LogP contribution in [0, 0.1) is 0 Å². The Labute approximate surface area is 126 Å². The van der Waals surface area contributed by atoms with Crippen LogP contribution >= 0.6 is 0 Å². The normalized spacial score (nSPS) is 15.4. The van der Waals surface area contributed by atoms with E-state index in [1.165, 1.54) is 49.2 Å². The molecular formula is C17H24N4. The van der Waals surface area contributed by atoms with Crippen molar-refractivity contribution >= 4 is 5.69 Å². The molecule has 2 heterocycles. The molecule has 1 aromatic heterocycles. The monoisotopic (exact) mass is 284 g/mol. The Balaban J connectivity index is 1.49. The van der Waals surface area contributed by atoms with Crippen molar-refractivity contribution < 1.29 is 0 Å². The van der Waals surface area contributed by atoms with Gasteiger partial charge in [0.2, 0.25) is 0 Å². The van der Waals surface area contributed by atoms with E-state index in [0.29, 0.717) is 0 Å². The molecule has 4 nitrogen and oxygen atoms in total. The number of anilines is 1. The van der Waals surface area contributed by atoms with Gasteiger partial charge in [-0.25, -0.2) is 0 Å². The molecule has 0 amide bonds. The van der Waals surface area contributed by atoms with Crippen molar-refractivity contribution in [2.45, 2.75) is 32.4 Å². The molecule has 2 aromatic rings. The number of nitrogens with one attached hydrogen (secondary N) is 1. The Kier molecular flexibility index (Phi) is 4.55. The van der Waals surface area contributed by atoms with Crippen LogP contribution in [0.3, 0.4) is 0 Å². The van der Waals surface area contributed by atoms with Crippen LogP contribution in [0.15, 0.2) is 36.7 Å². The molecule has 1 saturated heterocycles. The minimum absolute atomic E-state index is 0.863. The van der Waals surface area contributed by atoms with Gasteiger partial charge in [0, 0.05) is 50.7 Å². The van der Waals surface area contributed by atoms with Crippen LogP contribution in [0.25, 0.3) is 0 Å². The Morgan fingerprint density at radius 3 is 2.38 bits per heavy atom. The molecule has 0 saturated carbocycles. The van der Waals surface area contributed by atoms with E-state index in [9.17, 15) is 0 Å². The highest BCUT2D eigenvalue weighted by Crippen LogP contribution is 2.20. The smallest absolute Gasteiger partial charge is 0.0534 e. The third kappa shape index (κ3) is 3.85. The number of hydrogen-bond acceptors (Lipinski definition) is 3. The number of benzene rings is 1. The quantitative estimate of drug-likeness (QED) is 0.916. The van der Waals surface area contributed by atoms with Crippen molar-refractivity contribution in [3.05, 3.63) is 47.8 Å². The van der Waals surface area contributed by atoms with E-state index in [4.69, 9.17) is 0 Å². The lowest BCUT2D eigenvalue weighted by atomic mass is 10.1. The molecule has 1 N–H and O–H groups in total. The van der Waals surface area contributed by atoms with Gasteiger partial charge in [-0.3, -0.25) is 4.68 Å². The highest BCUT2D eigenvalue weighted by molar-refractivity contribution is 5.47. The largest absolute Gasteiger partial charge is 0.372 e. The lowest BCUT2D eigenvalue weighted by molar-refractivity contribution is 0.578. The van der Waals surface area contributed by atoms with Gasteiger partial charge in [0.15, 0.2) is 0 Å². The third-order valence-electron chi connectivity index (χ3n) is 4.07. The molecule has 1 aromatic carbocycles. The van der Waals surface area contributed by atoms with Gasteiger partial charge in [0.05, 0.1) is 6.20 Å². The molecule has 1 aliphatic heterocycles. The Bertz CT molecular complexity index is 552. The van der Waals surface area contributed by atoms with Crippen LogP contribution < -0.4 is 10.2 Å². The van der Waals surface area contributed by atoms with Crippen molar-refractivity contribution in [2.24, 2.45) is 7.05 Å². The van der Waals surface area contributed by atoms with Gasteiger partial charge < -0.3 is 10.2 Å². The predicted octanol–water partition coefficient (Wildman–Crippen LogP) is 2.70. The summed E-state index contributed by atoms with van der Waals surface area (Å²) in [6.45, 7) is 4.17. The van der Waals surface area contributed by atoms with Crippen molar-refractivity contribution in [3.63, 3.8) is 0 Å². The van der Waals surface area contributed by atoms with Gasteiger partial charge in [-0.05, 0) is 37.0 Å². The van der Waals surface area contributed by atoms with E-state index in [-0.39, 0.29) is 0 Å². The van der Waals surface area contributed by atoms with Gasteiger partial charge in [-0.1, -0.05) is 12.1 Å². The zero-order chi connectivity index (χ0) is 14.5. The lowest BCUT2D eigenvalue weighted by Crippen LogP contribution is -2.29. The molecule has 0 bridgehead atoms. The maximum Gasteiger partial charge on any atom is 0.0534 e. The second kappa shape index (κ2) is 6.76. The number of hydrogen-bond donors (Lipinski definition) is 1. The molecule has 21 heavy (non-hydrogen) atoms. The fraction of sp³-hybridized carbons (Fsp3) is 0.471. The van der Waals surface area contributed by atoms with Crippen molar-refractivity contribution in [3.8, 4) is 0 Å². The van der Waals surface area contributed by atoms with Gasteiger partial charge in [0.1, 0.15) is 0 Å². The van der Waals surface area contributed by atoms with E-state index < -0.39 is 0 Å². The summed E-state index contributed by atoms with van der Waals surface area (Å²) >= 11 is 0. The first-order valence-corrected chi connectivity index (χ1v) is 7.83. The molecule has 0 atom stereocenters. The van der Waals surface area contributed by atoms with Crippen LogP contribution in [0.4, 0.5) is 5.69 Å². The summed E-state index contributed by atoms with van der Waals surface area (Å²) in [6.07, 6.45) is 7.99. The van der Waals surface area contributed by atoms with Crippen molar-refractivity contribution in [2.75, 3.05) is 18.0 Å². The summed E-state index contributed by atoms with van der Waals surface area (Å²) in [4.78, 5) is 2.50. The first-order valence-electron chi connectivity index (χ1n) is 7.83. The summed E-state index contributed by atoms with van der Waals surface area (Å²) in [6, 6.07) is 8.99. The van der Waals surface area contributed by atoms with Crippen molar-refractivity contribution in [1.29, 1.82) is 0 Å². The summed E-state index contributed by atoms with van der Waals surface area (Å²) in [7, 11) is 1.95. The van der Waals surface area contributed by atoms with Crippen LogP contribution in [0.5, 0.6) is 0 Å². The molecule has 1 aliphatic rings. The zero-order valence-corrected chi connectivity index (χ0v) is 12.8. The van der Waals surface area contributed by atoms with E-state index in [2.05, 4.69) is 39.6 Å². The second-order valence-electron chi connectivity index (χ2n) is 5.84. The standard InChI is InChI=1S/C17H24N4/c1-20-14-16(13-19-20)12-18-11-15-5-7-17(8-6-15)21-9-3-2-4-10-21/h5-8,13-14,18H,2-4,9-12H2,1H3. The molecule has 0 radical (unpaired) electrons. The topological polar surface area (TPSA) is 33.1 Å². The lowest BCUT2D eigenvalue weighted by Gasteiger charge is -2.28. The van der Waals surface area contributed by atoms with E-state index >= 15 is 0 Å². The minimum atomic E-state index is 0.863. The van der Waals surface area contributed by atoms with Crippen LogP contribution in [0.2, 0.25) is 0 Å². The summed E-state index contributed by atoms with van der Waals surface area (Å²) < 4.78 is 1.84. The van der Waals surface area contributed by atoms with Crippen LogP contribution in [-0.4, -0.2) is 22.9 Å². The van der Waals surface area contributed by atoms with Crippen molar-refractivity contribution in [1.82, 2.24) is 15.1 Å². The molecule has 0 aliphatic carbocycles. The average Bonchev–Trinajstić information content (AvgIpc) is 2.94. The fourth-order valence-corrected chi connectivity index (χ4v) is 2.89. The van der Waals surface area contributed by atoms with E-state index in [0.717, 1.165) is 13.1 Å². The number of piperidine rings is 1. The molecule has 3 rings (SSSR count). The summed E-state index contributed by atoms with van der Waals surface area (Å²) in [5.74, 6) is 0. The number of nitrogens with zero attached hydrogens (tertiary/aromatic N) is 3. The van der Waals surface area contributed by atoms with Gasteiger partial charge in [-0.2, -0.15) is 5.10 Å². The first kappa shape index (κ1) is 14.1. The summed E-state index contributed by atoms with van der Waals surface area (Å²) in [5.41, 5.74) is 3.92. The second-order valence-corrected chi connectivity index (χ2v) is 5.84. The number of aromatic nitrogens is 2. The maximum atomic E-state index is 4.18. The zero-order valence-electron chi connectivity index (χ0n) is 12.8. The molecule has 1 fully saturated rings. The Hall–Kier alpha value is -1.81. The molecule has 4 heteroatoms.